The maximum absolute atomic E-state index is 12.5. The van der Waals surface area contributed by atoms with E-state index in [-0.39, 0.29) is 29.2 Å². The van der Waals surface area contributed by atoms with Crippen molar-refractivity contribution >= 4 is 38.5 Å². The Hall–Kier alpha value is -2.46. The molecule has 1 saturated heterocycles. The molecule has 2 aromatic heterocycles. The predicted molar refractivity (Wildman–Crippen MR) is 107 cm³/mol. The molecule has 28 heavy (non-hydrogen) atoms. The van der Waals surface area contributed by atoms with Crippen molar-refractivity contribution in [1.82, 2.24) is 24.6 Å². The number of thioether (sulfide) groups is 1. The fourth-order valence-corrected chi connectivity index (χ4v) is 5.87. The summed E-state index contributed by atoms with van der Waals surface area (Å²) >= 11 is 1.31. The number of sulfone groups is 1. The first-order valence-electron chi connectivity index (χ1n) is 8.78. The second-order valence-electron chi connectivity index (χ2n) is 6.66. The van der Waals surface area contributed by atoms with Crippen molar-refractivity contribution < 1.29 is 13.2 Å². The Morgan fingerprint density at radius 2 is 2.07 bits per heavy atom. The van der Waals surface area contributed by atoms with E-state index in [2.05, 4.69) is 15.1 Å². The molecule has 1 unspecified atom stereocenters. The topological polar surface area (TPSA) is 98.1 Å². The van der Waals surface area contributed by atoms with Crippen LogP contribution in [0.4, 0.5) is 0 Å². The van der Waals surface area contributed by atoms with Gasteiger partial charge in [-0.3, -0.25) is 4.79 Å². The van der Waals surface area contributed by atoms with Crippen molar-refractivity contribution in [2.75, 3.05) is 24.3 Å². The molecule has 8 nitrogen and oxygen atoms in total. The van der Waals surface area contributed by atoms with Gasteiger partial charge in [-0.25, -0.2) is 23.1 Å². The number of hydrogen-bond acceptors (Lipinski definition) is 7. The Morgan fingerprint density at radius 1 is 1.29 bits per heavy atom. The fourth-order valence-electron chi connectivity index (χ4n) is 3.21. The second-order valence-corrected chi connectivity index (χ2v) is 9.85. The molecule has 4 rings (SSSR count). The van der Waals surface area contributed by atoms with Gasteiger partial charge in [-0.05, 0) is 18.6 Å². The minimum absolute atomic E-state index is 0.0432. The van der Waals surface area contributed by atoms with E-state index in [0.29, 0.717) is 17.1 Å². The van der Waals surface area contributed by atoms with E-state index >= 15 is 0 Å². The van der Waals surface area contributed by atoms with Gasteiger partial charge in [0, 0.05) is 13.1 Å². The molecule has 1 fully saturated rings. The van der Waals surface area contributed by atoms with E-state index in [1.165, 1.54) is 18.1 Å². The van der Waals surface area contributed by atoms with Crippen LogP contribution in [0.15, 0.2) is 47.9 Å². The summed E-state index contributed by atoms with van der Waals surface area (Å²) in [7, 11) is -1.36. The van der Waals surface area contributed by atoms with Crippen LogP contribution >= 0.6 is 11.8 Å². The van der Waals surface area contributed by atoms with Crippen molar-refractivity contribution in [1.29, 1.82) is 0 Å². The average molecular weight is 418 g/mol. The summed E-state index contributed by atoms with van der Waals surface area (Å²) in [6, 6.07) is 9.42. The Labute approximate surface area is 166 Å². The molecule has 1 amide bonds. The summed E-state index contributed by atoms with van der Waals surface area (Å²) in [6.45, 7) is 0. The maximum atomic E-state index is 12.5. The molecule has 0 spiro atoms. The lowest BCUT2D eigenvalue weighted by molar-refractivity contribution is -0.128. The highest BCUT2D eigenvalue weighted by atomic mass is 32.2. The molecule has 1 aliphatic heterocycles. The van der Waals surface area contributed by atoms with Gasteiger partial charge in [0.25, 0.3) is 0 Å². The van der Waals surface area contributed by atoms with Crippen molar-refractivity contribution in [3.05, 3.63) is 42.9 Å². The van der Waals surface area contributed by atoms with Crippen LogP contribution in [0.1, 0.15) is 6.42 Å². The molecule has 0 aliphatic carbocycles. The summed E-state index contributed by atoms with van der Waals surface area (Å²) < 4.78 is 25.0. The van der Waals surface area contributed by atoms with Gasteiger partial charge in [0.15, 0.2) is 15.5 Å². The first-order chi connectivity index (χ1) is 13.4. The van der Waals surface area contributed by atoms with Crippen LogP contribution < -0.4 is 0 Å². The number of carbonyl (C=O) groups is 1. The monoisotopic (exact) mass is 417 g/mol. The lowest BCUT2D eigenvalue weighted by Gasteiger charge is -2.23. The van der Waals surface area contributed by atoms with E-state index in [1.807, 2.05) is 30.3 Å². The molecular formula is C18H19N5O3S2. The first-order valence-corrected chi connectivity index (χ1v) is 11.6. The molecule has 0 radical (unpaired) electrons. The minimum Gasteiger partial charge on any atom is -0.341 e. The van der Waals surface area contributed by atoms with Gasteiger partial charge in [-0.2, -0.15) is 5.10 Å². The summed E-state index contributed by atoms with van der Waals surface area (Å²) in [5.41, 5.74) is 1.57. The van der Waals surface area contributed by atoms with Gasteiger partial charge in [0.2, 0.25) is 5.91 Å². The molecule has 0 bridgehead atoms. The van der Waals surface area contributed by atoms with E-state index in [0.717, 1.165) is 11.1 Å². The molecular weight excluding hydrogens is 398 g/mol. The van der Waals surface area contributed by atoms with Crippen LogP contribution in [0.25, 0.3) is 16.7 Å². The zero-order valence-electron chi connectivity index (χ0n) is 15.2. The molecule has 10 heteroatoms. The van der Waals surface area contributed by atoms with Crippen LogP contribution in [0.5, 0.6) is 0 Å². The quantitative estimate of drug-likeness (QED) is 0.459. The van der Waals surface area contributed by atoms with E-state index in [9.17, 15) is 13.2 Å². The zero-order valence-corrected chi connectivity index (χ0v) is 16.9. The SMILES string of the molecule is CN(C(=O)CSc1ncnc2c1cnn2-c1ccccc1)C1CCS(=O)(=O)C1. The van der Waals surface area contributed by atoms with Crippen LogP contribution in [0.3, 0.4) is 0 Å². The third-order valence-electron chi connectivity index (χ3n) is 4.81. The molecule has 3 aromatic rings. The second kappa shape index (κ2) is 7.51. The number of carbonyl (C=O) groups excluding carboxylic acids is 1. The number of benzene rings is 1. The van der Waals surface area contributed by atoms with Gasteiger partial charge in [-0.15, -0.1) is 0 Å². The predicted octanol–water partition coefficient (Wildman–Crippen LogP) is 1.55. The molecule has 146 valence electrons. The number of amides is 1. The minimum atomic E-state index is -3.03. The number of para-hydroxylation sites is 1. The third-order valence-corrected chi connectivity index (χ3v) is 7.55. The highest BCUT2D eigenvalue weighted by molar-refractivity contribution is 8.00. The normalized spacial score (nSPS) is 18.4. The van der Waals surface area contributed by atoms with Crippen molar-refractivity contribution in [3.63, 3.8) is 0 Å². The Morgan fingerprint density at radius 3 is 2.79 bits per heavy atom. The van der Waals surface area contributed by atoms with Gasteiger partial charge >= 0.3 is 0 Å². The number of fused-ring (bicyclic) bond motifs is 1. The van der Waals surface area contributed by atoms with Crippen LogP contribution in [0, 0.1) is 0 Å². The van der Waals surface area contributed by atoms with Gasteiger partial charge < -0.3 is 4.90 Å². The Bertz CT molecular complexity index is 1110. The summed E-state index contributed by atoms with van der Waals surface area (Å²) in [4.78, 5) is 22.7. The molecule has 3 heterocycles. The molecule has 1 aliphatic rings. The lowest BCUT2D eigenvalue weighted by atomic mass is 10.2. The third kappa shape index (κ3) is 3.74. The average Bonchev–Trinajstić information content (AvgIpc) is 3.29. The smallest absolute Gasteiger partial charge is 0.233 e. The Balaban J connectivity index is 1.50. The van der Waals surface area contributed by atoms with Gasteiger partial charge in [-0.1, -0.05) is 30.0 Å². The summed E-state index contributed by atoms with van der Waals surface area (Å²) in [6.07, 6.45) is 3.66. The maximum Gasteiger partial charge on any atom is 0.233 e. The van der Waals surface area contributed by atoms with E-state index in [4.69, 9.17) is 0 Å². The van der Waals surface area contributed by atoms with Crippen LogP contribution in [-0.2, 0) is 14.6 Å². The first kappa shape index (κ1) is 18.9. The molecule has 1 atom stereocenters. The zero-order chi connectivity index (χ0) is 19.7. The van der Waals surface area contributed by atoms with E-state index < -0.39 is 9.84 Å². The molecule has 0 saturated carbocycles. The highest BCUT2D eigenvalue weighted by Crippen LogP contribution is 2.26. The fraction of sp³-hybridized carbons (Fsp3) is 0.333. The standard InChI is InChI=1S/C18H19N5O3S2/c1-22(14-7-8-28(25,26)11-14)16(24)10-27-18-15-9-21-23(17(15)19-12-20-18)13-5-3-2-4-6-13/h2-6,9,12,14H,7-8,10-11H2,1H3. The molecule has 0 N–H and O–H groups in total. The summed E-state index contributed by atoms with van der Waals surface area (Å²) in [5, 5.41) is 5.85. The van der Waals surface area contributed by atoms with Crippen molar-refractivity contribution in [2.24, 2.45) is 0 Å². The van der Waals surface area contributed by atoms with Crippen LogP contribution in [0.2, 0.25) is 0 Å². The van der Waals surface area contributed by atoms with Crippen LogP contribution in [-0.4, -0.2) is 69.3 Å². The number of rotatable bonds is 5. The number of hydrogen-bond donors (Lipinski definition) is 0. The lowest BCUT2D eigenvalue weighted by Crippen LogP contribution is -2.38. The van der Waals surface area contributed by atoms with Crippen molar-refractivity contribution in [3.8, 4) is 5.69 Å². The molecule has 1 aromatic carbocycles. The largest absolute Gasteiger partial charge is 0.341 e. The number of aromatic nitrogens is 4. The summed E-state index contributed by atoms with van der Waals surface area (Å²) in [5.74, 6) is 0.250. The van der Waals surface area contributed by atoms with Gasteiger partial charge in [0.1, 0.15) is 11.4 Å². The highest BCUT2D eigenvalue weighted by Gasteiger charge is 2.32. The van der Waals surface area contributed by atoms with Gasteiger partial charge in [0.05, 0.1) is 34.5 Å². The number of nitrogens with zero attached hydrogens (tertiary/aromatic N) is 5. The van der Waals surface area contributed by atoms with Crippen molar-refractivity contribution in [2.45, 2.75) is 17.5 Å². The Kier molecular flexibility index (Phi) is 5.07. The van der Waals surface area contributed by atoms with E-state index in [1.54, 1.807) is 22.8 Å².